The molecule has 0 bridgehead atoms. The van der Waals surface area contributed by atoms with Crippen molar-refractivity contribution in [2.75, 3.05) is 39.6 Å². The normalized spacial score (nSPS) is 14.8. The summed E-state index contributed by atoms with van der Waals surface area (Å²) in [5.41, 5.74) is 0. The van der Waals surface area contributed by atoms with E-state index in [2.05, 4.69) is 161 Å². The minimum absolute atomic E-state index is 0.0260. The van der Waals surface area contributed by atoms with E-state index in [-0.39, 0.29) is 25.7 Å². The second kappa shape index (κ2) is 72.3. The fraction of sp³-hybridized carbons (Fsp3) is 0.654. The van der Waals surface area contributed by atoms with Crippen LogP contribution in [0.3, 0.4) is 0 Å². The molecule has 19 heteroatoms. The highest BCUT2D eigenvalue weighted by Gasteiger charge is 2.30. The summed E-state index contributed by atoms with van der Waals surface area (Å²) in [5, 5.41) is 10.6. The van der Waals surface area contributed by atoms with Crippen molar-refractivity contribution in [2.24, 2.45) is 0 Å². The average molecular weight is 1440 g/mol. The fourth-order valence-corrected chi connectivity index (χ4v) is 11.2. The van der Waals surface area contributed by atoms with Crippen LogP contribution in [0.25, 0.3) is 0 Å². The number of hydrogen-bond acceptors (Lipinski definition) is 15. The second-order valence-electron chi connectivity index (χ2n) is 24.8. The van der Waals surface area contributed by atoms with Crippen LogP contribution in [0.4, 0.5) is 0 Å². The van der Waals surface area contributed by atoms with Crippen molar-refractivity contribution in [2.45, 2.75) is 303 Å². The SMILES string of the molecule is CC/C=C\C/C=C\C/C=C\C/C=C\C/C=C\CCCC(=O)OCC(COP(=O)(O)OCC(O)COP(=O)(O)OCC(COC(=O)CCCCCCC/C=C\C/C=C\C/C=C\CC)OC(=O)CCCCCCCCCCCCCCC)OC(=O)CCCC/C=C\C/C=C\C/C=C\C/C=C\CC. The molecule has 0 aliphatic carbocycles. The molecule has 0 heterocycles. The summed E-state index contributed by atoms with van der Waals surface area (Å²) in [6.45, 7) is 4.39. The van der Waals surface area contributed by atoms with E-state index in [0.29, 0.717) is 38.5 Å². The highest BCUT2D eigenvalue weighted by Crippen LogP contribution is 2.45. The standard InChI is InChI=1S/C81H134O17P2/c1-5-9-13-17-21-25-29-33-36-37-40-43-46-50-54-58-62-66-79(84)92-72-77(98-81(86)68-64-60-56-52-48-44-39-35-31-27-23-19-15-11-7-3)74-96-100(89,90)94-70-75(82)69-93-99(87,88)95-73-76(97-80(85)67-63-59-55-51-47-41-32-28-24-20-16-12-8-4)71-91-78(83)65-61-57-53-49-45-42-38-34-30-26-22-18-14-10-6-2/h9-11,13-15,21-23,25-27,33-36,38-40,43,48,50,52,54,75-77,82H,5-8,12,16-20,24,28-32,37,41-42,44-47,49,51,53,55-74H2,1-4H3,(H,87,88)(H,89,90)/b13-9-,14-10-,15-11-,25-21-,26-22-,27-23-,36-33-,38-34-,39-35-,43-40-,52-48-,54-50-. The molecule has 100 heavy (non-hydrogen) atoms. The summed E-state index contributed by atoms with van der Waals surface area (Å²) < 4.78 is 68.4. The van der Waals surface area contributed by atoms with Crippen LogP contribution in [0.5, 0.6) is 0 Å². The van der Waals surface area contributed by atoms with Crippen LogP contribution in [0, 0.1) is 0 Å². The number of aliphatic hydroxyl groups is 1. The van der Waals surface area contributed by atoms with Gasteiger partial charge in [0.05, 0.1) is 26.4 Å². The molecule has 0 aromatic heterocycles. The van der Waals surface area contributed by atoms with Gasteiger partial charge in [-0.1, -0.05) is 270 Å². The molecule has 0 aromatic carbocycles. The van der Waals surface area contributed by atoms with E-state index in [1.54, 1.807) is 0 Å². The molecule has 0 aliphatic heterocycles. The van der Waals surface area contributed by atoms with Crippen molar-refractivity contribution in [3.05, 3.63) is 146 Å². The van der Waals surface area contributed by atoms with Gasteiger partial charge in [-0.25, -0.2) is 9.13 Å². The Hall–Kier alpha value is -5.06. The Bertz CT molecular complexity index is 2470. The third-order valence-corrected chi connectivity index (χ3v) is 17.2. The summed E-state index contributed by atoms with van der Waals surface area (Å²) in [6.07, 6.45) is 81.4. The lowest BCUT2D eigenvalue weighted by Crippen LogP contribution is -2.30. The highest BCUT2D eigenvalue weighted by atomic mass is 31.2. The molecular weight excluding hydrogens is 1310 g/mol. The van der Waals surface area contributed by atoms with E-state index in [1.807, 2.05) is 12.2 Å². The molecule has 5 atom stereocenters. The van der Waals surface area contributed by atoms with Crippen LogP contribution >= 0.6 is 15.6 Å². The number of phosphoric ester groups is 2. The molecule has 0 radical (unpaired) electrons. The molecule has 0 aromatic rings. The van der Waals surface area contributed by atoms with Crippen LogP contribution in [0.15, 0.2) is 146 Å². The number of aliphatic hydroxyl groups excluding tert-OH is 1. The summed E-state index contributed by atoms with van der Waals surface area (Å²) in [6, 6.07) is 0. The van der Waals surface area contributed by atoms with Gasteiger partial charge in [0.1, 0.15) is 19.3 Å². The van der Waals surface area contributed by atoms with Gasteiger partial charge in [-0.3, -0.25) is 37.3 Å². The number of allylic oxidation sites excluding steroid dienone is 24. The molecule has 5 unspecified atom stereocenters. The Morgan fingerprint density at radius 1 is 0.290 bits per heavy atom. The molecule has 570 valence electrons. The van der Waals surface area contributed by atoms with Gasteiger partial charge >= 0.3 is 39.5 Å². The highest BCUT2D eigenvalue weighted by molar-refractivity contribution is 7.47. The molecule has 0 fully saturated rings. The van der Waals surface area contributed by atoms with Crippen LogP contribution in [-0.4, -0.2) is 96.7 Å². The average Bonchev–Trinajstić information content (AvgIpc) is 1.06. The van der Waals surface area contributed by atoms with E-state index in [9.17, 15) is 43.2 Å². The Morgan fingerprint density at radius 3 is 0.860 bits per heavy atom. The van der Waals surface area contributed by atoms with Crippen LogP contribution in [0.2, 0.25) is 0 Å². The van der Waals surface area contributed by atoms with Crippen LogP contribution < -0.4 is 0 Å². The van der Waals surface area contributed by atoms with Gasteiger partial charge in [0.15, 0.2) is 12.2 Å². The first-order valence-electron chi connectivity index (χ1n) is 38.1. The first-order valence-corrected chi connectivity index (χ1v) is 41.1. The van der Waals surface area contributed by atoms with Gasteiger partial charge in [0.2, 0.25) is 0 Å². The number of unbranched alkanes of at least 4 members (excludes halogenated alkanes) is 20. The van der Waals surface area contributed by atoms with Gasteiger partial charge in [0.25, 0.3) is 0 Å². The Kier molecular flexibility index (Phi) is 68.6. The lowest BCUT2D eigenvalue weighted by atomic mass is 10.0. The van der Waals surface area contributed by atoms with E-state index >= 15 is 0 Å². The lowest BCUT2D eigenvalue weighted by molar-refractivity contribution is -0.161. The van der Waals surface area contributed by atoms with Gasteiger partial charge < -0.3 is 33.8 Å². The van der Waals surface area contributed by atoms with E-state index in [4.69, 9.17) is 37.0 Å². The first kappa shape index (κ1) is 94.9. The minimum atomic E-state index is -5.00. The summed E-state index contributed by atoms with van der Waals surface area (Å²) in [7, 11) is -9.99. The molecule has 0 amide bonds. The van der Waals surface area contributed by atoms with E-state index in [1.165, 1.54) is 51.4 Å². The van der Waals surface area contributed by atoms with Crippen molar-refractivity contribution in [3.63, 3.8) is 0 Å². The number of carbonyl (C=O) groups excluding carboxylic acids is 4. The zero-order valence-corrected chi connectivity index (χ0v) is 63.9. The summed E-state index contributed by atoms with van der Waals surface area (Å²) in [5.74, 6) is -2.31. The zero-order chi connectivity index (χ0) is 73.2. The number of carbonyl (C=O) groups is 4. The van der Waals surface area contributed by atoms with E-state index in [0.717, 1.165) is 141 Å². The molecule has 0 rings (SSSR count). The number of esters is 4. The number of rotatable bonds is 70. The number of ether oxygens (including phenoxy) is 4. The second-order valence-corrected chi connectivity index (χ2v) is 27.7. The smallest absolute Gasteiger partial charge is 0.462 e. The van der Waals surface area contributed by atoms with Crippen molar-refractivity contribution in [1.82, 2.24) is 0 Å². The van der Waals surface area contributed by atoms with Crippen LogP contribution in [0.1, 0.15) is 285 Å². The summed E-state index contributed by atoms with van der Waals surface area (Å²) in [4.78, 5) is 72.8. The molecule has 17 nitrogen and oxygen atoms in total. The monoisotopic (exact) mass is 1440 g/mol. The largest absolute Gasteiger partial charge is 0.472 e. The Balaban J connectivity index is 5.45. The topological polar surface area (TPSA) is 237 Å². The van der Waals surface area contributed by atoms with Gasteiger partial charge in [-0.05, 0) is 135 Å². The predicted octanol–water partition coefficient (Wildman–Crippen LogP) is 21.9. The maximum Gasteiger partial charge on any atom is 0.472 e. The van der Waals surface area contributed by atoms with Crippen LogP contribution in [-0.2, 0) is 65.4 Å². The zero-order valence-electron chi connectivity index (χ0n) is 62.1. The van der Waals surface area contributed by atoms with E-state index < -0.39 is 97.5 Å². The number of phosphoric acid groups is 2. The molecule has 3 N–H and O–H groups in total. The molecule has 0 saturated heterocycles. The lowest BCUT2D eigenvalue weighted by Gasteiger charge is -2.21. The minimum Gasteiger partial charge on any atom is -0.462 e. The molecule has 0 aliphatic rings. The fourth-order valence-electron chi connectivity index (χ4n) is 9.61. The maximum atomic E-state index is 13.1. The van der Waals surface area contributed by atoms with Gasteiger partial charge in [0, 0.05) is 25.7 Å². The maximum absolute atomic E-state index is 13.1. The van der Waals surface area contributed by atoms with Crippen molar-refractivity contribution in [1.29, 1.82) is 0 Å². The van der Waals surface area contributed by atoms with Gasteiger partial charge in [-0.2, -0.15) is 0 Å². The van der Waals surface area contributed by atoms with Crippen molar-refractivity contribution >= 4 is 39.5 Å². The Labute approximate surface area is 605 Å². The number of hydrogen-bond donors (Lipinski definition) is 3. The van der Waals surface area contributed by atoms with Crippen molar-refractivity contribution < 1.29 is 80.2 Å². The summed E-state index contributed by atoms with van der Waals surface area (Å²) >= 11 is 0. The third kappa shape index (κ3) is 71.3. The predicted molar refractivity (Wildman–Crippen MR) is 408 cm³/mol. The molecule has 0 spiro atoms. The Morgan fingerprint density at radius 2 is 0.530 bits per heavy atom. The third-order valence-electron chi connectivity index (χ3n) is 15.3. The van der Waals surface area contributed by atoms with Gasteiger partial charge in [-0.15, -0.1) is 0 Å². The molecular formula is C81H134O17P2. The quantitative estimate of drug-likeness (QED) is 0.0169. The van der Waals surface area contributed by atoms with Crippen molar-refractivity contribution in [3.8, 4) is 0 Å². The molecule has 0 saturated carbocycles. The first-order chi connectivity index (χ1) is 48.7.